The third kappa shape index (κ3) is 10.7. The van der Waals surface area contributed by atoms with E-state index in [0.29, 0.717) is 21.6 Å². The molecule has 0 saturated heterocycles. The molecule has 0 saturated carbocycles. The van der Waals surface area contributed by atoms with Gasteiger partial charge in [0.25, 0.3) is 0 Å². The lowest BCUT2D eigenvalue weighted by molar-refractivity contribution is -0.133. The molecule has 206 valence electrons. The largest absolute Gasteiger partial charge is 0.384 e. The fourth-order valence-electron chi connectivity index (χ4n) is 2.88. The van der Waals surface area contributed by atoms with Crippen molar-refractivity contribution in [2.24, 2.45) is 0 Å². The first-order chi connectivity index (χ1) is 16.1. The van der Waals surface area contributed by atoms with Crippen LogP contribution in [0.15, 0.2) is 47.9 Å². The molecule has 0 aliphatic rings. The van der Waals surface area contributed by atoms with Gasteiger partial charge in [-0.15, -0.1) is 0 Å². The summed E-state index contributed by atoms with van der Waals surface area (Å²) in [5.41, 5.74) is -5.22. The number of hydrogen-bond donors (Lipinski definition) is 3. The highest BCUT2D eigenvalue weighted by Gasteiger charge is 2.51. The standard InChI is InChI=1S/C19H30N2O11S4/c1-6-33(25,26)12-10-11-19(24,15-36(31,32)9-4)18(5,20-16(22)13-34(27,28)7-2)21-17(23)14-35(29,30)8-3/h6-9,24H,1-4,10-15H2,5H3,(H,20,22)(H,21,23). The van der Waals surface area contributed by atoms with Crippen LogP contribution in [0.2, 0.25) is 0 Å². The van der Waals surface area contributed by atoms with Gasteiger partial charge in [0, 0.05) is 21.6 Å². The van der Waals surface area contributed by atoms with Gasteiger partial charge in [0.2, 0.25) is 11.8 Å². The average Bonchev–Trinajstić information content (AvgIpc) is 2.72. The van der Waals surface area contributed by atoms with E-state index in [4.69, 9.17) is 0 Å². The first-order valence-electron chi connectivity index (χ1n) is 9.86. The molecule has 0 aromatic heterocycles. The highest BCUT2D eigenvalue weighted by atomic mass is 32.2. The second-order valence-electron chi connectivity index (χ2n) is 7.81. The molecule has 1 unspecified atom stereocenters. The van der Waals surface area contributed by atoms with E-state index in [-0.39, 0.29) is 0 Å². The lowest BCUT2D eigenvalue weighted by atomic mass is 9.85. The lowest BCUT2D eigenvalue weighted by Crippen LogP contribution is -2.74. The number of carbonyl (C=O) groups is 2. The van der Waals surface area contributed by atoms with Crippen LogP contribution in [0.25, 0.3) is 0 Å². The number of nitrogens with one attached hydrogen (secondary N) is 2. The number of rotatable bonds is 17. The molecule has 0 aliphatic carbocycles. The first kappa shape index (κ1) is 33.7. The van der Waals surface area contributed by atoms with Gasteiger partial charge in [-0.3, -0.25) is 9.59 Å². The third-order valence-electron chi connectivity index (χ3n) is 4.85. The van der Waals surface area contributed by atoms with E-state index in [9.17, 15) is 48.4 Å². The smallest absolute Gasteiger partial charge is 0.237 e. The Kier molecular flexibility index (Phi) is 11.5. The number of aliphatic hydroxyl groups is 1. The lowest BCUT2D eigenvalue weighted by Gasteiger charge is -2.45. The van der Waals surface area contributed by atoms with E-state index in [1.165, 1.54) is 0 Å². The van der Waals surface area contributed by atoms with Gasteiger partial charge in [-0.25, -0.2) is 33.7 Å². The van der Waals surface area contributed by atoms with Crippen molar-refractivity contribution >= 4 is 51.2 Å². The maximum atomic E-state index is 12.5. The second-order valence-corrected chi connectivity index (χ2v) is 15.7. The van der Waals surface area contributed by atoms with E-state index in [0.717, 1.165) is 6.92 Å². The molecule has 0 aromatic carbocycles. The predicted octanol–water partition coefficient (Wildman–Crippen LogP) is -1.32. The summed E-state index contributed by atoms with van der Waals surface area (Å²) in [5.74, 6) is -6.92. The molecule has 0 bridgehead atoms. The quantitative estimate of drug-likeness (QED) is 0.169. The van der Waals surface area contributed by atoms with Crippen LogP contribution in [-0.2, 0) is 48.9 Å². The molecule has 0 aliphatic heterocycles. The van der Waals surface area contributed by atoms with Gasteiger partial charge in [-0.2, -0.15) is 0 Å². The third-order valence-corrected chi connectivity index (χ3v) is 9.95. The summed E-state index contributed by atoms with van der Waals surface area (Å²) < 4.78 is 95.4. The van der Waals surface area contributed by atoms with E-state index < -0.39 is 98.3 Å². The minimum Gasteiger partial charge on any atom is -0.384 e. The fourth-order valence-corrected chi connectivity index (χ4v) is 5.93. The van der Waals surface area contributed by atoms with Crippen LogP contribution in [0, 0.1) is 0 Å². The van der Waals surface area contributed by atoms with E-state index >= 15 is 0 Å². The van der Waals surface area contributed by atoms with Gasteiger partial charge in [-0.1, -0.05) is 26.3 Å². The molecule has 1 atom stereocenters. The average molecular weight is 591 g/mol. The molecule has 13 nitrogen and oxygen atoms in total. The van der Waals surface area contributed by atoms with Gasteiger partial charge >= 0.3 is 0 Å². The van der Waals surface area contributed by atoms with Crippen LogP contribution in [0.5, 0.6) is 0 Å². The maximum absolute atomic E-state index is 12.5. The molecule has 0 heterocycles. The minimum absolute atomic E-state index is 0.408. The Morgan fingerprint density at radius 2 is 1.08 bits per heavy atom. The Hall–Kier alpha value is -2.34. The molecular weight excluding hydrogens is 560 g/mol. The van der Waals surface area contributed by atoms with Crippen LogP contribution < -0.4 is 10.6 Å². The number of carbonyl (C=O) groups excluding carboxylic acids is 2. The Balaban J connectivity index is 6.68. The van der Waals surface area contributed by atoms with Crippen molar-refractivity contribution in [3.63, 3.8) is 0 Å². The predicted molar refractivity (Wildman–Crippen MR) is 135 cm³/mol. The molecule has 36 heavy (non-hydrogen) atoms. The Morgan fingerprint density at radius 3 is 1.42 bits per heavy atom. The van der Waals surface area contributed by atoms with Crippen LogP contribution in [-0.4, -0.2) is 84.9 Å². The van der Waals surface area contributed by atoms with Gasteiger partial charge in [0.05, 0.1) is 11.5 Å². The molecule has 0 fully saturated rings. The van der Waals surface area contributed by atoms with Crippen molar-refractivity contribution in [1.82, 2.24) is 10.6 Å². The monoisotopic (exact) mass is 590 g/mol. The van der Waals surface area contributed by atoms with Crippen LogP contribution in [0.1, 0.15) is 19.8 Å². The van der Waals surface area contributed by atoms with Gasteiger partial charge < -0.3 is 15.7 Å². The van der Waals surface area contributed by atoms with Crippen LogP contribution in [0.3, 0.4) is 0 Å². The highest BCUT2D eigenvalue weighted by molar-refractivity contribution is 7.95. The van der Waals surface area contributed by atoms with Crippen molar-refractivity contribution in [2.45, 2.75) is 31.0 Å². The Bertz CT molecular complexity index is 1280. The van der Waals surface area contributed by atoms with E-state index in [1.807, 2.05) is 10.6 Å². The van der Waals surface area contributed by atoms with Crippen LogP contribution >= 0.6 is 0 Å². The number of amides is 2. The number of hydrogen-bond acceptors (Lipinski definition) is 11. The van der Waals surface area contributed by atoms with Crippen molar-refractivity contribution in [2.75, 3.05) is 23.0 Å². The summed E-state index contributed by atoms with van der Waals surface area (Å²) in [6.07, 6.45) is -1.10. The molecule has 0 radical (unpaired) electrons. The molecule has 0 aromatic rings. The summed E-state index contributed by atoms with van der Waals surface area (Å²) in [4.78, 5) is 25.0. The van der Waals surface area contributed by atoms with Gasteiger partial charge in [0.1, 0.15) is 22.8 Å². The molecular formula is C19H30N2O11S4. The number of sulfone groups is 4. The summed E-state index contributed by atoms with van der Waals surface area (Å²) in [6.45, 7) is 13.2. The zero-order chi connectivity index (χ0) is 28.6. The first-order valence-corrected chi connectivity index (χ1v) is 16.7. The Morgan fingerprint density at radius 1 is 0.722 bits per heavy atom. The van der Waals surface area contributed by atoms with Gasteiger partial charge in [0.15, 0.2) is 39.3 Å². The van der Waals surface area contributed by atoms with E-state index in [1.54, 1.807) is 0 Å². The van der Waals surface area contributed by atoms with Crippen molar-refractivity contribution in [3.05, 3.63) is 47.9 Å². The van der Waals surface area contributed by atoms with Crippen molar-refractivity contribution < 1.29 is 48.4 Å². The maximum Gasteiger partial charge on any atom is 0.237 e. The topological polar surface area (TPSA) is 215 Å². The molecule has 3 N–H and O–H groups in total. The Labute approximate surface area is 211 Å². The van der Waals surface area contributed by atoms with E-state index in [2.05, 4.69) is 26.3 Å². The fraction of sp³-hybridized carbons (Fsp3) is 0.474. The van der Waals surface area contributed by atoms with Gasteiger partial charge in [-0.05, 0) is 19.8 Å². The normalized spacial score (nSPS) is 14.6. The summed E-state index contributed by atoms with van der Waals surface area (Å²) in [7, 11) is -16.4. The van der Waals surface area contributed by atoms with Crippen LogP contribution in [0.4, 0.5) is 0 Å². The molecule has 2 amide bonds. The summed E-state index contributed by atoms with van der Waals surface area (Å²) in [5, 5.41) is 17.6. The summed E-state index contributed by atoms with van der Waals surface area (Å²) >= 11 is 0. The van der Waals surface area contributed by atoms with Crippen molar-refractivity contribution in [1.29, 1.82) is 0 Å². The second kappa shape index (κ2) is 12.3. The van der Waals surface area contributed by atoms with Crippen molar-refractivity contribution in [3.8, 4) is 0 Å². The zero-order valence-electron chi connectivity index (χ0n) is 19.5. The SMILES string of the molecule is C=CS(=O)(=O)CCCC(O)(CS(=O)(=O)C=C)C(C)(NC(=O)CS(=O)(=O)C=C)NC(=O)CS(=O)(=O)C=C. The highest BCUT2D eigenvalue weighted by Crippen LogP contribution is 2.29. The zero-order valence-corrected chi connectivity index (χ0v) is 22.8. The summed E-state index contributed by atoms with van der Waals surface area (Å²) in [6, 6.07) is 0. The molecule has 17 heteroatoms. The molecule has 0 spiro atoms. The molecule has 0 rings (SSSR count). The minimum atomic E-state index is -4.31.